The van der Waals surface area contributed by atoms with Crippen molar-refractivity contribution in [3.8, 4) is 0 Å². The number of nitrogens with zero attached hydrogens (tertiary/aromatic N) is 2. The number of aryl methyl sites for hydroxylation is 1. The van der Waals surface area contributed by atoms with Crippen LogP contribution in [0.2, 0.25) is 0 Å². The minimum atomic E-state index is -3.43. The monoisotopic (exact) mass is 444 g/mol. The number of sulfonamides is 1. The second kappa shape index (κ2) is 9.49. The molecule has 4 rings (SSSR count). The van der Waals surface area contributed by atoms with Crippen molar-refractivity contribution in [1.82, 2.24) is 9.21 Å². The number of halogens is 1. The molecule has 7 heteroatoms. The van der Waals surface area contributed by atoms with E-state index >= 15 is 0 Å². The molecule has 2 saturated heterocycles. The van der Waals surface area contributed by atoms with Crippen molar-refractivity contribution >= 4 is 15.9 Å². The first kappa shape index (κ1) is 22.0. The summed E-state index contributed by atoms with van der Waals surface area (Å²) in [6.07, 6.45) is 5.67. The Morgan fingerprint density at radius 2 is 1.58 bits per heavy atom. The van der Waals surface area contributed by atoms with Crippen molar-refractivity contribution in [2.24, 2.45) is 0 Å². The molecule has 0 unspecified atom stereocenters. The lowest BCUT2D eigenvalue weighted by Gasteiger charge is -2.26. The van der Waals surface area contributed by atoms with Gasteiger partial charge in [0.25, 0.3) is 0 Å². The molecule has 0 saturated carbocycles. The van der Waals surface area contributed by atoms with Gasteiger partial charge in [0.15, 0.2) is 0 Å². The fraction of sp³-hybridized carbons (Fsp3) is 0.458. The Hall–Kier alpha value is -2.25. The van der Waals surface area contributed by atoms with E-state index < -0.39 is 10.0 Å². The fourth-order valence-electron chi connectivity index (χ4n) is 4.57. The van der Waals surface area contributed by atoms with E-state index in [9.17, 15) is 17.6 Å². The molecule has 1 atom stereocenters. The van der Waals surface area contributed by atoms with Gasteiger partial charge in [-0.3, -0.25) is 4.79 Å². The topological polar surface area (TPSA) is 57.7 Å². The van der Waals surface area contributed by atoms with Crippen LogP contribution in [0, 0.1) is 5.82 Å². The molecule has 0 spiro atoms. The van der Waals surface area contributed by atoms with Gasteiger partial charge in [0.05, 0.1) is 10.9 Å². The van der Waals surface area contributed by atoms with Gasteiger partial charge in [-0.05, 0) is 67.5 Å². The molecule has 1 amide bonds. The number of rotatable bonds is 6. The first-order chi connectivity index (χ1) is 14.9. The van der Waals surface area contributed by atoms with Gasteiger partial charge in [0.1, 0.15) is 5.82 Å². The molecular weight excluding hydrogens is 415 g/mol. The Kier molecular flexibility index (Phi) is 6.72. The summed E-state index contributed by atoms with van der Waals surface area (Å²) in [6.45, 7) is 1.89. The molecule has 2 aromatic rings. The molecule has 31 heavy (non-hydrogen) atoms. The number of amides is 1. The van der Waals surface area contributed by atoms with Gasteiger partial charge in [-0.25, -0.2) is 12.8 Å². The molecule has 0 aliphatic carbocycles. The highest BCUT2D eigenvalue weighted by Crippen LogP contribution is 2.32. The van der Waals surface area contributed by atoms with Crippen LogP contribution >= 0.6 is 0 Å². The van der Waals surface area contributed by atoms with Gasteiger partial charge in [-0.15, -0.1) is 0 Å². The lowest BCUT2D eigenvalue weighted by molar-refractivity contribution is -0.132. The number of hydrogen-bond acceptors (Lipinski definition) is 3. The van der Waals surface area contributed by atoms with Gasteiger partial charge in [0.2, 0.25) is 15.9 Å². The van der Waals surface area contributed by atoms with E-state index in [2.05, 4.69) is 0 Å². The summed E-state index contributed by atoms with van der Waals surface area (Å²) in [5, 5.41) is 0. The molecule has 2 aromatic carbocycles. The molecule has 0 bridgehead atoms. The average molecular weight is 445 g/mol. The Balaban J connectivity index is 1.36. The fourth-order valence-corrected chi connectivity index (χ4v) is 6.09. The van der Waals surface area contributed by atoms with E-state index in [1.807, 2.05) is 17.0 Å². The number of carbonyl (C=O) groups is 1. The second-order valence-electron chi connectivity index (χ2n) is 8.41. The zero-order valence-corrected chi connectivity index (χ0v) is 18.5. The first-order valence-corrected chi connectivity index (χ1v) is 12.5. The van der Waals surface area contributed by atoms with Crippen molar-refractivity contribution in [3.05, 3.63) is 65.5 Å². The van der Waals surface area contributed by atoms with E-state index in [1.54, 1.807) is 28.6 Å². The third-order valence-corrected chi connectivity index (χ3v) is 8.24. The second-order valence-corrected chi connectivity index (χ2v) is 10.3. The molecule has 2 aliphatic heterocycles. The van der Waals surface area contributed by atoms with Crippen LogP contribution in [0.3, 0.4) is 0 Å². The van der Waals surface area contributed by atoms with Gasteiger partial charge < -0.3 is 4.90 Å². The number of benzene rings is 2. The van der Waals surface area contributed by atoms with E-state index in [4.69, 9.17) is 0 Å². The quantitative estimate of drug-likeness (QED) is 0.668. The third-order valence-electron chi connectivity index (χ3n) is 6.33. The van der Waals surface area contributed by atoms with Gasteiger partial charge in [-0.2, -0.15) is 4.31 Å². The first-order valence-electron chi connectivity index (χ1n) is 11.1. The minimum absolute atomic E-state index is 0.00478. The number of carbonyl (C=O) groups excluding carboxylic acids is 1. The van der Waals surface area contributed by atoms with Crippen molar-refractivity contribution in [3.63, 3.8) is 0 Å². The molecule has 0 N–H and O–H groups in total. The molecule has 166 valence electrons. The van der Waals surface area contributed by atoms with E-state index in [-0.39, 0.29) is 17.8 Å². The van der Waals surface area contributed by atoms with E-state index in [0.29, 0.717) is 37.4 Å². The van der Waals surface area contributed by atoms with Crippen molar-refractivity contribution < 1.29 is 17.6 Å². The van der Waals surface area contributed by atoms with E-state index in [0.717, 1.165) is 43.2 Å². The summed E-state index contributed by atoms with van der Waals surface area (Å²) in [5.41, 5.74) is 1.92. The van der Waals surface area contributed by atoms with Crippen LogP contribution in [0.4, 0.5) is 4.39 Å². The van der Waals surface area contributed by atoms with Gasteiger partial charge >= 0.3 is 0 Å². The summed E-state index contributed by atoms with van der Waals surface area (Å²) < 4.78 is 40.3. The molecular formula is C24H29FN2O3S. The molecule has 2 aliphatic rings. The summed E-state index contributed by atoms with van der Waals surface area (Å²) in [7, 11) is -3.43. The maximum absolute atomic E-state index is 13.2. The maximum Gasteiger partial charge on any atom is 0.243 e. The lowest BCUT2D eigenvalue weighted by Crippen LogP contribution is -2.35. The smallest absolute Gasteiger partial charge is 0.243 e. The van der Waals surface area contributed by atoms with Crippen LogP contribution < -0.4 is 0 Å². The Labute approximate surface area is 183 Å². The highest BCUT2D eigenvalue weighted by molar-refractivity contribution is 7.89. The number of likely N-dealkylation sites (tertiary alicyclic amines) is 1. The molecule has 0 aromatic heterocycles. The third kappa shape index (κ3) is 4.99. The zero-order chi connectivity index (χ0) is 21.8. The van der Waals surface area contributed by atoms with Crippen LogP contribution in [0.5, 0.6) is 0 Å². The molecule has 0 radical (unpaired) electrons. The van der Waals surface area contributed by atoms with Crippen LogP contribution in [0.15, 0.2) is 53.4 Å². The Morgan fingerprint density at radius 3 is 2.26 bits per heavy atom. The van der Waals surface area contributed by atoms with Crippen molar-refractivity contribution in [2.45, 2.75) is 55.9 Å². The molecule has 5 nitrogen and oxygen atoms in total. The highest BCUT2D eigenvalue weighted by Gasteiger charge is 2.30. The average Bonchev–Trinajstić information content (AvgIpc) is 3.29. The predicted molar refractivity (Wildman–Crippen MR) is 117 cm³/mol. The van der Waals surface area contributed by atoms with Crippen LogP contribution in [-0.4, -0.2) is 43.2 Å². The number of hydrogen-bond donors (Lipinski definition) is 0. The summed E-state index contributed by atoms with van der Waals surface area (Å²) in [4.78, 5) is 15.1. The number of piperidine rings is 1. The van der Waals surface area contributed by atoms with Crippen LogP contribution in [0.25, 0.3) is 0 Å². The molecule has 2 heterocycles. The largest absolute Gasteiger partial charge is 0.336 e. The SMILES string of the molecule is O=C(CCc1ccc(S(=O)(=O)N2CCCCC2)cc1)N1CCC[C@@H]1c1ccc(F)cc1. The summed E-state index contributed by atoms with van der Waals surface area (Å²) in [6, 6.07) is 13.3. The Morgan fingerprint density at radius 1 is 0.903 bits per heavy atom. The predicted octanol–water partition coefficient (Wildman–Crippen LogP) is 4.30. The normalized spacial score (nSPS) is 20.2. The van der Waals surface area contributed by atoms with Crippen molar-refractivity contribution in [1.29, 1.82) is 0 Å². The maximum atomic E-state index is 13.2. The highest BCUT2D eigenvalue weighted by atomic mass is 32.2. The Bertz CT molecular complexity index is 1000. The summed E-state index contributed by atoms with van der Waals surface area (Å²) >= 11 is 0. The standard InChI is InChI=1S/C24H29FN2O3S/c25-21-11-9-20(10-12-21)23-5-4-18-27(23)24(28)15-8-19-6-13-22(14-7-19)31(29,30)26-16-2-1-3-17-26/h6-7,9-14,23H,1-5,8,15-18H2/t23-/m1/s1. The summed E-state index contributed by atoms with van der Waals surface area (Å²) in [5.74, 6) is -0.192. The minimum Gasteiger partial charge on any atom is -0.336 e. The zero-order valence-electron chi connectivity index (χ0n) is 17.7. The van der Waals surface area contributed by atoms with Crippen LogP contribution in [-0.2, 0) is 21.2 Å². The van der Waals surface area contributed by atoms with Gasteiger partial charge in [-0.1, -0.05) is 30.7 Å². The van der Waals surface area contributed by atoms with E-state index in [1.165, 1.54) is 12.1 Å². The molecule has 2 fully saturated rings. The lowest BCUT2D eigenvalue weighted by atomic mass is 10.0. The van der Waals surface area contributed by atoms with Gasteiger partial charge in [0, 0.05) is 26.1 Å². The van der Waals surface area contributed by atoms with Crippen LogP contribution in [0.1, 0.15) is 55.7 Å². The van der Waals surface area contributed by atoms with Crippen molar-refractivity contribution in [2.75, 3.05) is 19.6 Å².